The first-order chi connectivity index (χ1) is 9.22. The van der Waals surface area contributed by atoms with Gasteiger partial charge in [-0.2, -0.15) is 0 Å². The number of hydrogen-bond donors (Lipinski definition) is 1. The van der Waals surface area contributed by atoms with E-state index in [4.69, 9.17) is 0 Å². The number of benzene rings is 1. The minimum atomic E-state index is -0.111. The zero-order chi connectivity index (χ0) is 13.2. The lowest BCUT2D eigenvalue weighted by atomic mass is 9.88. The van der Waals surface area contributed by atoms with Crippen molar-refractivity contribution in [2.75, 3.05) is 6.54 Å². The van der Waals surface area contributed by atoms with Crippen LogP contribution in [-0.2, 0) is 6.42 Å². The molecule has 0 bridgehead atoms. The van der Waals surface area contributed by atoms with Crippen molar-refractivity contribution < 1.29 is 4.39 Å². The van der Waals surface area contributed by atoms with E-state index in [0.717, 1.165) is 29.9 Å². The molecule has 1 nitrogen and oxygen atoms in total. The van der Waals surface area contributed by atoms with Gasteiger partial charge in [0.2, 0.25) is 0 Å². The van der Waals surface area contributed by atoms with Gasteiger partial charge in [0.1, 0.15) is 5.82 Å². The molecule has 3 rings (SSSR count). The second-order valence-electron chi connectivity index (χ2n) is 6.41. The Hall–Kier alpha value is -0.890. The van der Waals surface area contributed by atoms with E-state index >= 15 is 0 Å². The first kappa shape index (κ1) is 13.1. The third-order valence-electron chi connectivity index (χ3n) is 4.85. The van der Waals surface area contributed by atoms with Crippen LogP contribution in [-0.4, -0.2) is 12.6 Å². The molecule has 2 atom stereocenters. The van der Waals surface area contributed by atoms with Gasteiger partial charge in [-0.15, -0.1) is 0 Å². The van der Waals surface area contributed by atoms with Gasteiger partial charge in [-0.25, -0.2) is 4.39 Å². The van der Waals surface area contributed by atoms with Crippen LogP contribution in [0.4, 0.5) is 4.39 Å². The van der Waals surface area contributed by atoms with E-state index in [1.165, 1.54) is 44.2 Å². The molecular weight excluding hydrogens is 237 g/mol. The number of aryl methyl sites for hydroxylation is 1. The summed E-state index contributed by atoms with van der Waals surface area (Å²) in [6.07, 6.45) is 7.94. The third kappa shape index (κ3) is 3.36. The molecule has 2 saturated carbocycles. The molecule has 0 radical (unpaired) electrons. The van der Waals surface area contributed by atoms with Crippen LogP contribution in [0.5, 0.6) is 0 Å². The first-order valence-corrected chi connectivity index (χ1v) is 7.71. The molecule has 2 heteroatoms. The minimum absolute atomic E-state index is 0.111. The lowest BCUT2D eigenvalue weighted by Gasteiger charge is -2.21. The van der Waals surface area contributed by atoms with Crippen molar-refractivity contribution in [3.8, 4) is 0 Å². The average molecular weight is 261 g/mol. The minimum Gasteiger partial charge on any atom is -0.314 e. The van der Waals surface area contributed by atoms with Crippen molar-refractivity contribution in [1.82, 2.24) is 5.32 Å². The van der Waals surface area contributed by atoms with Crippen LogP contribution in [0.25, 0.3) is 0 Å². The van der Waals surface area contributed by atoms with Crippen LogP contribution in [0, 0.1) is 24.6 Å². The summed E-state index contributed by atoms with van der Waals surface area (Å²) in [5.74, 6) is 1.50. The highest BCUT2D eigenvalue weighted by Gasteiger charge is 2.29. The summed E-state index contributed by atoms with van der Waals surface area (Å²) in [6.45, 7) is 3.22. The largest absolute Gasteiger partial charge is 0.314 e. The lowest BCUT2D eigenvalue weighted by Crippen LogP contribution is -2.27. The molecule has 19 heavy (non-hydrogen) atoms. The Kier molecular flexibility index (Phi) is 3.88. The van der Waals surface area contributed by atoms with Gasteiger partial charge in [0.15, 0.2) is 0 Å². The molecule has 1 aromatic rings. The predicted octanol–water partition coefficient (Wildman–Crippen LogP) is 3.84. The zero-order valence-corrected chi connectivity index (χ0v) is 11.8. The second-order valence-corrected chi connectivity index (χ2v) is 6.41. The Morgan fingerprint density at radius 1 is 1.16 bits per heavy atom. The van der Waals surface area contributed by atoms with E-state index < -0.39 is 0 Å². The third-order valence-corrected chi connectivity index (χ3v) is 4.85. The molecule has 0 spiro atoms. The fourth-order valence-electron chi connectivity index (χ4n) is 3.43. The number of nitrogens with one attached hydrogen (secondary N) is 1. The molecule has 2 aliphatic carbocycles. The van der Waals surface area contributed by atoms with Gasteiger partial charge in [0.05, 0.1) is 0 Å². The maximum absolute atomic E-state index is 13.1. The van der Waals surface area contributed by atoms with Crippen LogP contribution < -0.4 is 5.32 Å². The molecule has 0 aliphatic heterocycles. The van der Waals surface area contributed by atoms with Gasteiger partial charge in [0, 0.05) is 6.04 Å². The molecule has 2 fully saturated rings. The highest BCUT2D eigenvalue weighted by Crippen LogP contribution is 2.35. The summed E-state index contributed by atoms with van der Waals surface area (Å²) in [7, 11) is 0. The van der Waals surface area contributed by atoms with Gasteiger partial charge in [-0.1, -0.05) is 12.5 Å². The number of hydrogen-bond acceptors (Lipinski definition) is 1. The molecule has 1 N–H and O–H groups in total. The van der Waals surface area contributed by atoms with Gasteiger partial charge < -0.3 is 5.32 Å². The predicted molar refractivity (Wildman–Crippen MR) is 76.7 cm³/mol. The van der Waals surface area contributed by atoms with E-state index in [0.29, 0.717) is 0 Å². The molecule has 0 saturated heterocycles. The van der Waals surface area contributed by atoms with Gasteiger partial charge in [-0.3, -0.25) is 0 Å². The summed E-state index contributed by atoms with van der Waals surface area (Å²) < 4.78 is 13.1. The molecular formula is C17H24FN. The molecule has 104 valence electrons. The zero-order valence-electron chi connectivity index (χ0n) is 11.8. The Labute approximate surface area is 115 Å². The van der Waals surface area contributed by atoms with E-state index in [2.05, 4.69) is 5.32 Å². The molecule has 0 aromatic heterocycles. The van der Waals surface area contributed by atoms with Crippen LogP contribution in [0.2, 0.25) is 0 Å². The number of rotatable bonds is 5. The maximum atomic E-state index is 13.1. The van der Waals surface area contributed by atoms with Gasteiger partial charge >= 0.3 is 0 Å². The van der Waals surface area contributed by atoms with E-state index in [-0.39, 0.29) is 5.82 Å². The van der Waals surface area contributed by atoms with Crippen molar-refractivity contribution in [3.63, 3.8) is 0 Å². The van der Waals surface area contributed by atoms with Crippen molar-refractivity contribution in [2.45, 2.75) is 51.5 Å². The second kappa shape index (κ2) is 5.62. The van der Waals surface area contributed by atoms with Crippen LogP contribution in [0.3, 0.4) is 0 Å². The topological polar surface area (TPSA) is 12.0 Å². The van der Waals surface area contributed by atoms with Crippen molar-refractivity contribution >= 4 is 0 Å². The summed E-state index contributed by atoms with van der Waals surface area (Å²) in [5.41, 5.74) is 2.45. The summed E-state index contributed by atoms with van der Waals surface area (Å²) in [5, 5.41) is 3.68. The fraction of sp³-hybridized carbons (Fsp3) is 0.647. The monoisotopic (exact) mass is 261 g/mol. The smallest absolute Gasteiger partial charge is 0.123 e. The van der Waals surface area contributed by atoms with E-state index in [1.54, 1.807) is 12.1 Å². The quantitative estimate of drug-likeness (QED) is 0.849. The molecule has 0 heterocycles. The highest BCUT2D eigenvalue weighted by atomic mass is 19.1. The standard InChI is InChI=1S/C17H24FN/c1-12-9-16(18)6-5-13(12)10-14-3-2-4-15(14)11-19-17-7-8-17/h5-6,9,14-15,17,19H,2-4,7-8,10-11H2,1H3. The summed E-state index contributed by atoms with van der Waals surface area (Å²) in [4.78, 5) is 0. The Morgan fingerprint density at radius 2 is 1.95 bits per heavy atom. The SMILES string of the molecule is Cc1cc(F)ccc1CC1CCCC1CNC1CC1. The van der Waals surface area contributed by atoms with Crippen molar-refractivity contribution in [1.29, 1.82) is 0 Å². The van der Waals surface area contributed by atoms with Gasteiger partial charge in [-0.05, 0) is 80.7 Å². The van der Waals surface area contributed by atoms with Crippen LogP contribution in [0.1, 0.15) is 43.2 Å². The maximum Gasteiger partial charge on any atom is 0.123 e. The molecule has 2 unspecified atom stereocenters. The summed E-state index contributed by atoms with van der Waals surface area (Å²) >= 11 is 0. The Bertz CT molecular complexity index is 439. The van der Waals surface area contributed by atoms with Crippen LogP contribution >= 0.6 is 0 Å². The molecule has 2 aliphatic rings. The molecule has 0 amide bonds. The number of halogens is 1. The first-order valence-electron chi connectivity index (χ1n) is 7.71. The molecule has 1 aromatic carbocycles. The van der Waals surface area contributed by atoms with Crippen molar-refractivity contribution in [3.05, 3.63) is 35.1 Å². The van der Waals surface area contributed by atoms with E-state index in [1.807, 2.05) is 13.0 Å². The normalized spacial score (nSPS) is 26.8. The Balaban J connectivity index is 1.60. The Morgan fingerprint density at radius 3 is 2.68 bits per heavy atom. The average Bonchev–Trinajstić information content (AvgIpc) is 3.11. The summed E-state index contributed by atoms with van der Waals surface area (Å²) in [6, 6.07) is 6.07. The van der Waals surface area contributed by atoms with E-state index in [9.17, 15) is 4.39 Å². The van der Waals surface area contributed by atoms with Crippen LogP contribution in [0.15, 0.2) is 18.2 Å². The fourth-order valence-corrected chi connectivity index (χ4v) is 3.43. The van der Waals surface area contributed by atoms with Crippen molar-refractivity contribution in [2.24, 2.45) is 11.8 Å². The lowest BCUT2D eigenvalue weighted by molar-refractivity contribution is 0.363. The highest BCUT2D eigenvalue weighted by molar-refractivity contribution is 5.27. The van der Waals surface area contributed by atoms with Gasteiger partial charge in [0.25, 0.3) is 0 Å².